The summed E-state index contributed by atoms with van der Waals surface area (Å²) in [5.74, 6) is -0.592. The molecule has 0 N–H and O–H groups in total. The number of rotatable bonds is 3. The topological polar surface area (TPSA) is 49.6 Å². The molecule has 2 aromatic rings. The Balaban J connectivity index is 2.04. The first-order valence-electron chi connectivity index (χ1n) is 7.50. The first kappa shape index (κ1) is 15.4. The molecule has 1 saturated heterocycles. The Labute approximate surface area is 134 Å². The highest BCUT2D eigenvalue weighted by Gasteiger charge is 2.31. The second-order valence-corrected chi connectivity index (χ2v) is 5.77. The Hall–Kier alpha value is -2.47. The number of benzene rings is 2. The molecule has 0 aliphatic carbocycles. The van der Waals surface area contributed by atoms with E-state index in [0.717, 1.165) is 24.7 Å². The molecule has 0 bridgehead atoms. The van der Waals surface area contributed by atoms with Crippen LogP contribution in [0.15, 0.2) is 48.5 Å². The van der Waals surface area contributed by atoms with Crippen LogP contribution in [0.5, 0.6) is 0 Å². The monoisotopic (exact) mass is 315 g/mol. The number of nitrogens with zero attached hydrogens (tertiary/aromatic N) is 3. The van der Waals surface area contributed by atoms with Crippen LogP contribution in [-0.4, -0.2) is 36.5 Å². The van der Waals surface area contributed by atoms with Gasteiger partial charge in [0.15, 0.2) is 0 Å². The third-order valence-corrected chi connectivity index (χ3v) is 4.21. The van der Waals surface area contributed by atoms with E-state index in [0.29, 0.717) is 12.2 Å². The maximum atomic E-state index is 13.4. The molecule has 1 heterocycles. The summed E-state index contributed by atoms with van der Waals surface area (Å²) < 4.78 is 13.4. The van der Waals surface area contributed by atoms with Crippen molar-refractivity contribution in [2.24, 2.45) is 0 Å². The van der Waals surface area contributed by atoms with Crippen molar-refractivity contribution in [1.82, 2.24) is 4.90 Å². The van der Waals surface area contributed by atoms with Crippen LogP contribution < -0.4 is 4.90 Å². The molecule has 1 fully saturated rings. The lowest BCUT2D eigenvalue weighted by atomic mass is 10.0. The first-order valence-corrected chi connectivity index (χ1v) is 7.50. The first-order chi connectivity index (χ1) is 11.1. The van der Waals surface area contributed by atoms with Gasteiger partial charge in [0, 0.05) is 19.6 Å². The Morgan fingerprint density at radius 2 is 1.91 bits per heavy atom. The van der Waals surface area contributed by atoms with Crippen LogP contribution in [0, 0.1) is 15.9 Å². The SMILES string of the molecule is CN1CCN(c2ccc(F)cc2[N+](=O)[O-])[C@@H](c2ccccc2)C1. The van der Waals surface area contributed by atoms with E-state index in [1.807, 2.05) is 42.3 Å². The summed E-state index contributed by atoms with van der Waals surface area (Å²) in [6, 6.07) is 13.7. The van der Waals surface area contributed by atoms with Crippen molar-refractivity contribution in [2.75, 3.05) is 31.6 Å². The standard InChI is InChI=1S/C17H18FN3O2/c1-19-9-10-20(17(12-19)13-5-3-2-4-6-13)15-8-7-14(18)11-16(15)21(22)23/h2-8,11,17H,9-10,12H2,1H3/t17-/m1/s1. The maximum Gasteiger partial charge on any atom is 0.295 e. The van der Waals surface area contributed by atoms with Crippen molar-refractivity contribution in [2.45, 2.75) is 6.04 Å². The van der Waals surface area contributed by atoms with E-state index in [1.165, 1.54) is 12.1 Å². The Morgan fingerprint density at radius 3 is 2.61 bits per heavy atom. The zero-order valence-corrected chi connectivity index (χ0v) is 12.9. The molecule has 1 aliphatic heterocycles. The molecule has 0 saturated carbocycles. The van der Waals surface area contributed by atoms with Crippen molar-refractivity contribution in [1.29, 1.82) is 0 Å². The predicted octanol–water partition coefficient (Wildman–Crippen LogP) is 3.23. The van der Waals surface area contributed by atoms with Crippen molar-refractivity contribution in [3.63, 3.8) is 0 Å². The van der Waals surface area contributed by atoms with Crippen molar-refractivity contribution in [3.8, 4) is 0 Å². The van der Waals surface area contributed by atoms with Gasteiger partial charge in [-0.05, 0) is 24.7 Å². The van der Waals surface area contributed by atoms with E-state index < -0.39 is 10.7 Å². The highest BCUT2D eigenvalue weighted by atomic mass is 19.1. The van der Waals surface area contributed by atoms with Crippen LogP contribution in [0.3, 0.4) is 0 Å². The zero-order valence-electron chi connectivity index (χ0n) is 12.9. The van der Waals surface area contributed by atoms with Crippen molar-refractivity contribution in [3.05, 3.63) is 70.0 Å². The van der Waals surface area contributed by atoms with Gasteiger partial charge in [-0.2, -0.15) is 0 Å². The van der Waals surface area contributed by atoms with Crippen LogP contribution in [-0.2, 0) is 0 Å². The van der Waals surface area contributed by atoms with Gasteiger partial charge in [0.25, 0.3) is 5.69 Å². The van der Waals surface area contributed by atoms with Gasteiger partial charge in [-0.1, -0.05) is 30.3 Å². The minimum Gasteiger partial charge on any atom is -0.356 e. The second-order valence-electron chi connectivity index (χ2n) is 5.77. The summed E-state index contributed by atoms with van der Waals surface area (Å²) in [5, 5.41) is 11.3. The average molecular weight is 315 g/mol. The molecule has 0 spiro atoms. The summed E-state index contributed by atoms with van der Waals surface area (Å²) in [5.41, 5.74) is 1.38. The van der Waals surface area contributed by atoms with Crippen molar-refractivity contribution < 1.29 is 9.31 Å². The number of halogens is 1. The smallest absolute Gasteiger partial charge is 0.295 e. The number of anilines is 1. The molecular weight excluding hydrogens is 297 g/mol. The highest BCUT2D eigenvalue weighted by molar-refractivity contribution is 5.64. The number of likely N-dealkylation sites (N-methyl/N-ethyl adjacent to an activating group) is 1. The van der Waals surface area contributed by atoms with Gasteiger partial charge in [-0.25, -0.2) is 4.39 Å². The number of hydrogen-bond acceptors (Lipinski definition) is 4. The van der Waals surface area contributed by atoms with Gasteiger partial charge in [0.05, 0.1) is 17.0 Å². The Kier molecular flexibility index (Phi) is 4.25. The number of nitro groups is 1. The van der Waals surface area contributed by atoms with E-state index in [9.17, 15) is 14.5 Å². The van der Waals surface area contributed by atoms with Gasteiger partial charge >= 0.3 is 0 Å². The maximum absolute atomic E-state index is 13.4. The average Bonchev–Trinajstić information content (AvgIpc) is 2.56. The fourth-order valence-corrected chi connectivity index (χ4v) is 3.05. The lowest BCUT2D eigenvalue weighted by molar-refractivity contribution is -0.384. The molecule has 0 radical (unpaired) electrons. The lowest BCUT2D eigenvalue weighted by Crippen LogP contribution is -2.47. The number of piperazine rings is 1. The summed E-state index contributed by atoms with van der Waals surface area (Å²) >= 11 is 0. The van der Waals surface area contributed by atoms with Crippen LogP contribution in [0.2, 0.25) is 0 Å². The van der Waals surface area contributed by atoms with E-state index in [-0.39, 0.29) is 11.7 Å². The summed E-state index contributed by atoms with van der Waals surface area (Å²) in [4.78, 5) is 15.0. The predicted molar refractivity (Wildman–Crippen MR) is 87.1 cm³/mol. The van der Waals surface area contributed by atoms with E-state index in [4.69, 9.17) is 0 Å². The summed E-state index contributed by atoms with van der Waals surface area (Å²) in [6.45, 7) is 2.22. The zero-order chi connectivity index (χ0) is 16.4. The molecule has 1 atom stereocenters. The molecule has 0 unspecified atom stereocenters. The number of hydrogen-bond donors (Lipinski definition) is 0. The second kappa shape index (κ2) is 6.34. The molecule has 0 aromatic heterocycles. The molecule has 23 heavy (non-hydrogen) atoms. The van der Waals surface area contributed by atoms with Gasteiger partial charge in [-0.3, -0.25) is 10.1 Å². The summed E-state index contributed by atoms with van der Waals surface area (Å²) in [6.07, 6.45) is 0. The van der Waals surface area contributed by atoms with Crippen LogP contribution in [0.25, 0.3) is 0 Å². The van der Waals surface area contributed by atoms with Gasteiger partial charge < -0.3 is 9.80 Å². The van der Waals surface area contributed by atoms with E-state index >= 15 is 0 Å². The molecular formula is C17H18FN3O2. The molecule has 6 heteroatoms. The molecule has 120 valence electrons. The van der Waals surface area contributed by atoms with Crippen LogP contribution in [0.4, 0.5) is 15.8 Å². The summed E-state index contributed by atoms with van der Waals surface area (Å²) in [7, 11) is 2.03. The fraction of sp³-hybridized carbons (Fsp3) is 0.294. The van der Waals surface area contributed by atoms with Gasteiger partial charge in [0.2, 0.25) is 0 Å². The van der Waals surface area contributed by atoms with Crippen molar-refractivity contribution >= 4 is 11.4 Å². The van der Waals surface area contributed by atoms with Gasteiger partial charge in [-0.15, -0.1) is 0 Å². The van der Waals surface area contributed by atoms with E-state index in [1.54, 1.807) is 0 Å². The highest BCUT2D eigenvalue weighted by Crippen LogP contribution is 2.36. The minimum atomic E-state index is -0.592. The van der Waals surface area contributed by atoms with Gasteiger partial charge in [0.1, 0.15) is 11.5 Å². The third kappa shape index (κ3) is 3.17. The Bertz CT molecular complexity index is 708. The molecule has 1 aliphatic rings. The minimum absolute atomic E-state index is 0.000823. The normalized spacial score (nSPS) is 18.9. The van der Waals surface area contributed by atoms with E-state index in [2.05, 4.69) is 4.90 Å². The number of nitro benzene ring substituents is 1. The molecule has 0 amide bonds. The Morgan fingerprint density at radius 1 is 1.17 bits per heavy atom. The van der Waals surface area contributed by atoms with Crippen LogP contribution in [0.1, 0.15) is 11.6 Å². The van der Waals surface area contributed by atoms with Crippen LogP contribution >= 0.6 is 0 Å². The molecule has 2 aromatic carbocycles. The molecule has 3 rings (SSSR count). The fourth-order valence-electron chi connectivity index (χ4n) is 3.05. The largest absolute Gasteiger partial charge is 0.356 e. The quantitative estimate of drug-likeness (QED) is 0.644. The molecule has 5 nitrogen and oxygen atoms in total. The lowest BCUT2D eigenvalue weighted by Gasteiger charge is -2.41. The third-order valence-electron chi connectivity index (χ3n) is 4.21.